The number of piperazine rings is 1. The molecule has 2 amide bonds. The van der Waals surface area contributed by atoms with Gasteiger partial charge in [0.25, 0.3) is 0 Å². The van der Waals surface area contributed by atoms with Crippen LogP contribution >= 0.6 is 0 Å². The summed E-state index contributed by atoms with van der Waals surface area (Å²) < 4.78 is 0. The van der Waals surface area contributed by atoms with Gasteiger partial charge < -0.3 is 15.5 Å². The summed E-state index contributed by atoms with van der Waals surface area (Å²) in [6.07, 6.45) is 3.00. The standard InChI is InChI=1S/C22H29N3O2/c1-6-21(4,5)22-12-17-18(26)23-16(11-13(2)3)19(27)25(17)20(22)24-15-10-8-7-9-14(15)22/h6-10,13,16-17,20,24H,1,11-12H2,2-5H3,(H,23,26)/t16-,17-,20+,22-/m0/s1. The molecule has 1 aromatic carbocycles. The van der Waals surface area contributed by atoms with E-state index in [-0.39, 0.29) is 28.8 Å². The Hall–Kier alpha value is -2.30. The highest BCUT2D eigenvalue weighted by molar-refractivity contribution is 5.99. The lowest BCUT2D eigenvalue weighted by Crippen LogP contribution is -2.64. The summed E-state index contributed by atoms with van der Waals surface area (Å²) in [6, 6.07) is 7.34. The number of hydrogen-bond donors (Lipinski definition) is 2. The molecule has 1 aromatic rings. The van der Waals surface area contributed by atoms with E-state index in [0.29, 0.717) is 18.8 Å². The second-order valence-electron chi connectivity index (χ2n) is 9.15. The summed E-state index contributed by atoms with van der Waals surface area (Å²) in [7, 11) is 0. The third kappa shape index (κ3) is 2.30. The molecule has 2 N–H and O–H groups in total. The van der Waals surface area contributed by atoms with Crippen LogP contribution in [-0.2, 0) is 15.0 Å². The largest absolute Gasteiger partial charge is 0.364 e. The van der Waals surface area contributed by atoms with Gasteiger partial charge in [0.15, 0.2) is 0 Å². The van der Waals surface area contributed by atoms with Gasteiger partial charge in [0.05, 0.1) is 0 Å². The highest BCUT2D eigenvalue weighted by Gasteiger charge is 2.67. The number of nitrogens with one attached hydrogen (secondary N) is 2. The Labute approximate surface area is 161 Å². The minimum absolute atomic E-state index is 0.0281. The Balaban J connectivity index is 1.84. The summed E-state index contributed by atoms with van der Waals surface area (Å²) >= 11 is 0. The molecule has 4 atom stereocenters. The molecule has 144 valence electrons. The number of rotatable bonds is 4. The number of benzene rings is 1. The van der Waals surface area contributed by atoms with Crippen molar-refractivity contribution in [2.24, 2.45) is 11.3 Å². The van der Waals surface area contributed by atoms with Crippen molar-refractivity contribution in [2.45, 2.75) is 64.2 Å². The van der Waals surface area contributed by atoms with Crippen molar-refractivity contribution in [3.8, 4) is 0 Å². The van der Waals surface area contributed by atoms with Crippen molar-refractivity contribution in [2.75, 3.05) is 5.32 Å². The van der Waals surface area contributed by atoms with Crippen molar-refractivity contribution in [1.29, 1.82) is 0 Å². The van der Waals surface area contributed by atoms with Crippen LogP contribution in [0.4, 0.5) is 5.69 Å². The molecule has 3 heterocycles. The van der Waals surface area contributed by atoms with Crippen molar-refractivity contribution in [3.05, 3.63) is 42.5 Å². The summed E-state index contributed by atoms with van der Waals surface area (Å²) in [5, 5.41) is 6.56. The fourth-order valence-electron chi connectivity index (χ4n) is 5.31. The Morgan fingerprint density at radius 3 is 2.67 bits per heavy atom. The number of hydrogen-bond acceptors (Lipinski definition) is 3. The highest BCUT2D eigenvalue weighted by Crippen LogP contribution is 2.60. The maximum Gasteiger partial charge on any atom is 0.247 e. The summed E-state index contributed by atoms with van der Waals surface area (Å²) in [5.41, 5.74) is 1.56. The minimum Gasteiger partial charge on any atom is -0.364 e. The first-order chi connectivity index (χ1) is 12.7. The molecular formula is C22H29N3O2. The fraction of sp³-hybridized carbons (Fsp3) is 0.545. The molecule has 0 spiro atoms. The van der Waals surface area contributed by atoms with Gasteiger partial charge in [0.1, 0.15) is 18.2 Å². The number of carbonyl (C=O) groups is 2. The predicted molar refractivity (Wildman–Crippen MR) is 106 cm³/mol. The molecule has 5 nitrogen and oxygen atoms in total. The second kappa shape index (κ2) is 5.85. The number of anilines is 1. The van der Waals surface area contributed by atoms with Crippen molar-refractivity contribution in [1.82, 2.24) is 10.2 Å². The van der Waals surface area contributed by atoms with E-state index >= 15 is 0 Å². The number of para-hydroxylation sites is 1. The van der Waals surface area contributed by atoms with E-state index in [1.54, 1.807) is 0 Å². The van der Waals surface area contributed by atoms with Crippen molar-refractivity contribution < 1.29 is 9.59 Å². The molecule has 0 radical (unpaired) electrons. The van der Waals surface area contributed by atoms with Crippen LogP contribution in [0.3, 0.4) is 0 Å². The highest BCUT2D eigenvalue weighted by atomic mass is 16.2. The van der Waals surface area contributed by atoms with E-state index in [0.717, 1.165) is 5.69 Å². The Kier molecular flexibility index (Phi) is 3.92. The zero-order valence-electron chi connectivity index (χ0n) is 16.6. The summed E-state index contributed by atoms with van der Waals surface area (Å²) in [4.78, 5) is 28.2. The third-order valence-electron chi connectivity index (χ3n) is 6.83. The third-order valence-corrected chi connectivity index (χ3v) is 6.83. The molecule has 0 aromatic heterocycles. The normalized spacial score (nSPS) is 31.9. The molecule has 3 aliphatic rings. The van der Waals surface area contributed by atoms with Gasteiger partial charge >= 0.3 is 0 Å². The van der Waals surface area contributed by atoms with Crippen LogP contribution < -0.4 is 10.6 Å². The van der Waals surface area contributed by atoms with Gasteiger partial charge in [-0.2, -0.15) is 0 Å². The van der Waals surface area contributed by atoms with Crippen LogP contribution in [0.2, 0.25) is 0 Å². The van der Waals surface area contributed by atoms with Gasteiger partial charge in [-0.1, -0.05) is 52.0 Å². The molecule has 2 saturated heterocycles. The van der Waals surface area contributed by atoms with Crippen molar-refractivity contribution in [3.63, 3.8) is 0 Å². The van der Waals surface area contributed by atoms with Crippen LogP contribution in [-0.4, -0.2) is 35.0 Å². The van der Waals surface area contributed by atoms with Crippen LogP contribution in [0.1, 0.15) is 46.1 Å². The van der Waals surface area contributed by atoms with Gasteiger partial charge in [-0.25, -0.2) is 0 Å². The smallest absolute Gasteiger partial charge is 0.247 e. The zero-order valence-corrected chi connectivity index (χ0v) is 16.6. The molecule has 0 bridgehead atoms. The summed E-state index contributed by atoms with van der Waals surface area (Å²) in [5.74, 6) is 0.329. The molecule has 3 aliphatic heterocycles. The Morgan fingerprint density at radius 2 is 2.00 bits per heavy atom. The average Bonchev–Trinajstić information content (AvgIpc) is 3.12. The number of nitrogens with zero attached hydrogens (tertiary/aromatic N) is 1. The maximum absolute atomic E-state index is 13.4. The summed E-state index contributed by atoms with van der Waals surface area (Å²) in [6.45, 7) is 12.5. The minimum atomic E-state index is -0.443. The number of allylic oxidation sites excluding steroid dienone is 1. The van der Waals surface area contributed by atoms with E-state index in [4.69, 9.17) is 0 Å². The van der Waals surface area contributed by atoms with E-state index in [2.05, 4.69) is 57.0 Å². The van der Waals surface area contributed by atoms with Gasteiger partial charge in [-0.3, -0.25) is 9.59 Å². The molecule has 5 heteroatoms. The number of carbonyl (C=O) groups excluding carboxylic acids is 2. The molecule has 0 unspecified atom stereocenters. The van der Waals surface area contributed by atoms with Gasteiger partial charge in [-0.15, -0.1) is 6.58 Å². The van der Waals surface area contributed by atoms with Crippen molar-refractivity contribution >= 4 is 17.5 Å². The van der Waals surface area contributed by atoms with Gasteiger partial charge in [0, 0.05) is 11.1 Å². The first-order valence-corrected chi connectivity index (χ1v) is 9.85. The fourth-order valence-corrected chi connectivity index (χ4v) is 5.31. The molecule has 27 heavy (non-hydrogen) atoms. The van der Waals surface area contributed by atoms with Crippen LogP contribution in [0.5, 0.6) is 0 Å². The SMILES string of the molecule is C=CC(C)(C)[C@]12C[C@H]3C(=O)N[C@@H](CC(C)C)C(=O)N3[C@H]1Nc1ccccc12. The number of fused-ring (bicyclic) bond motifs is 5. The topological polar surface area (TPSA) is 61.4 Å². The number of amides is 2. The predicted octanol–water partition coefficient (Wildman–Crippen LogP) is 3.03. The van der Waals surface area contributed by atoms with Gasteiger partial charge in [-0.05, 0) is 35.8 Å². The monoisotopic (exact) mass is 367 g/mol. The lowest BCUT2D eigenvalue weighted by Gasteiger charge is -2.44. The Morgan fingerprint density at radius 1 is 1.30 bits per heavy atom. The molecule has 0 aliphatic carbocycles. The quantitative estimate of drug-likeness (QED) is 0.804. The first-order valence-electron chi connectivity index (χ1n) is 9.85. The van der Waals surface area contributed by atoms with E-state index in [1.807, 2.05) is 23.1 Å². The second-order valence-corrected chi connectivity index (χ2v) is 9.15. The molecular weight excluding hydrogens is 338 g/mol. The van der Waals surface area contributed by atoms with E-state index in [1.165, 1.54) is 5.56 Å². The van der Waals surface area contributed by atoms with E-state index < -0.39 is 12.1 Å². The lowest BCUT2D eigenvalue weighted by atomic mass is 9.60. The molecule has 4 rings (SSSR count). The molecule has 0 saturated carbocycles. The zero-order chi connectivity index (χ0) is 19.6. The molecule has 2 fully saturated rings. The maximum atomic E-state index is 13.4. The Bertz CT molecular complexity index is 816. The lowest BCUT2D eigenvalue weighted by molar-refractivity contribution is -0.149. The average molecular weight is 367 g/mol. The van der Waals surface area contributed by atoms with Gasteiger partial charge in [0.2, 0.25) is 11.8 Å². The van der Waals surface area contributed by atoms with E-state index in [9.17, 15) is 9.59 Å². The first kappa shape index (κ1) is 18.1. The van der Waals surface area contributed by atoms with Crippen LogP contribution in [0.25, 0.3) is 0 Å². The van der Waals surface area contributed by atoms with Crippen LogP contribution in [0, 0.1) is 11.3 Å². The van der Waals surface area contributed by atoms with Crippen LogP contribution in [0.15, 0.2) is 36.9 Å².